The first-order valence-corrected chi connectivity index (χ1v) is 16.8. The number of nitro benzene ring substituents is 1. The van der Waals surface area contributed by atoms with E-state index in [0.29, 0.717) is 36.1 Å². The lowest BCUT2D eigenvalue weighted by Crippen LogP contribution is -2.63. The molecule has 0 bridgehead atoms. The molecule has 1 aliphatic heterocycles. The third-order valence-corrected chi connectivity index (χ3v) is 13.5. The molecule has 1 unspecified atom stereocenters. The summed E-state index contributed by atoms with van der Waals surface area (Å²) in [7, 11) is 0. The number of allylic oxidation sites excluding steroid dienone is 1. The SMILES string of the molecule is CC(C)=C[C@@H]1C[C@](O)([C@H]2CC[C@@H]3[C@@H]2CC[C@H]2[C@@]3(C)CC[C@H]3C(C)(C)C(NCc4ccc([N+](=O)[O-])cc4)CC[C@]23C)C(=O)O1. The van der Waals surface area contributed by atoms with Crippen LogP contribution < -0.4 is 5.32 Å². The average Bonchev–Trinajstić information content (AvgIpc) is 3.49. The molecule has 1 saturated heterocycles. The molecule has 1 heterocycles. The predicted octanol–water partition coefficient (Wildman–Crippen LogP) is 7.36. The van der Waals surface area contributed by atoms with E-state index >= 15 is 0 Å². The number of carbonyl (C=O) groups excluding carboxylic acids is 1. The van der Waals surface area contributed by atoms with Gasteiger partial charge in [0, 0.05) is 37.1 Å². The van der Waals surface area contributed by atoms with Crippen LogP contribution in [0.2, 0.25) is 0 Å². The molecule has 6 rings (SSSR count). The van der Waals surface area contributed by atoms with Gasteiger partial charge >= 0.3 is 5.97 Å². The molecule has 0 radical (unpaired) electrons. The summed E-state index contributed by atoms with van der Waals surface area (Å²) in [6.07, 6.45) is 11.2. The van der Waals surface area contributed by atoms with E-state index in [1.165, 1.54) is 25.7 Å². The van der Waals surface area contributed by atoms with E-state index in [9.17, 15) is 20.0 Å². The van der Waals surface area contributed by atoms with Crippen molar-refractivity contribution in [3.8, 4) is 0 Å². The molecule has 0 spiro atoms. The van der Waals surface area contributed by atoms with Gasteiger partial charge in [-0.25, -0.2) is 4.79 Å². The largest absolute Gasteiger partial charge is 0.456 e. The molecule has 43 heavy (non-hydrogen) atoms. The summed E-state index contributed by atoms with van der Waals surface area (Å²) in [6, 6.07) is 7.33. The minimum absolute atomic E-state index is 0.000310. The number of nitrogens with one attached hydrogen (secondary N) is 1. The van der Waals surface area contributed by atoms with Gasteiger partial charge in [-0.1, -0.05) is 45.4 Å². The number of nitrogens with zero attached hydrogens (tertiary/aromatic N) is 1. The summed E-state index contributed by atoms with van der Waals surface area (Å²) >= 11 is 0. The summed E-state index contributed by atoms with van der Waals surface area (Å²) in [5, 5.41) is 26.7. The van der Waals surface area contributed by atoms with Gasteiger partial charge in [0.15, 0.2) is 5.60 Å². The zero-order valence-electron chi connectivity index (χ0n) is 27.0. The van der Waals surface area contributed by atoms with Crippen molar-refractivity contribution in [2.24, 2.45) is 45.8 Å². The molecule has 236 valence electrons. The number of fused-ring (bicyclic) bond motifs is 5. The lowest BCUT2D eigenvalue weighted by Gasteiger charge is -2.67. The molecular weight excluding hydrogens is 540 g/mol. The lowest BCUT2D eigenvalue weighted by molar-refractivity contribution is -0.384. The number of hydrogen-bond donors (Lipinski definition) is 2. The zero-order chi connectivity index (χ0) is 30.9. The Morgan fingerprint density at radius 2 is 1.65 bits per heavy atom. The minimum atomic E-state index is -1.35. The van der Waals surface area contributed by atoms with Gasteiger partial charge < -0.3 is 15.2 Å². The van der Waals surface area contributed by atoms with Crippen LogP contribution in [0.5, 0.6) is 0 Å². The molecule has 4 aliphatic carbocycles. The van der Waals surface area contributed by atoms with Crippen molar-refractivity contribution in [2.45, 2.75) is 124 Å². The molecule has 7 heteroatoms. The number of rotatable bonds is 6. The summed E-state index contributed by atoms with van der Waals surface area (Å²) in [5.41, 5.74) is 1.61. The highest BCUT2D eigenvalue weighted by molar-refractivity contribution is 5.82. The summed E-state index contributed by atoms with van der Waals surface area (Å²) in [4.78, 5) is 23.8. The standard InChI is InChI=1S/C36H52N2O5/c1-22(2)19-25-20-36(40,32(39)43-25)28-13-12-27-26(28)11-14-30-34(27,5)17-15-29-33(3,4)31(16-18-35(29,30)6)37-21-23-7-9-24(10-8-23)38(41)42/h7-10,19,25-31,37,40H,11-18,20-21H2,1-6H3/t25-,26+,27-,28+,29+,30+,31?,34+,35+,36+/m1/s1. The smallest absolute Gasteiger partial charge is 0.339 e. The molecular formula is C36H52N2O5. The highest BCUT2D eigenvalue weighted by Crippen LogP contribution is 2.72. The van der Waals surface area contributed by atoms with Crippen molar-refractivity contribution in [3.05, 3.63) is 51.6 Å². The molecule has 5 aliphatic rings. The van der Waals surface area contributed by atoms with Crippen LogP contribution in [-0.2, 0) is 16.1 Å². The lowest BCUT2D eigenvalue weighted by atomic mass is 9.38. The molecule has 10 atom stereocenters. The molecule has 0 amide bonds. The van der Waals surface area contributed by atoms with E-state index in [2.05, 4.69) is 33.0 Å². The molecule has 7 nitrogen and oxygen atoms in total. The Hall–Kier alpha value is -2.25. The van der Waals surface area contributed by atoms with Crippen LogP contribution >= 0.6 is 0 Å². The van der Waals surface area contributed by atoms with Crippen molar-refractivity contribution in [1.29, 1.82) is 0 Å². The number of nitro groups is 1. The number of benzene rings is 1. The number of carbonyl (C=O) groups is 1. The number of cyclic esters (lactones) is 1. The van der Waals surface area contributed by atoms with Crippen LogP contribution in [0.15, 0.2) is 35.9 Å². The van der Waals surface area contributed by atoms with Crippen molar-refractivity contribution >= 4 is 11.7 Å². The number of aliphatic hydroxyl groups is 1. The van der Waals surface area contributed by atoms with Gasteiger partial charge in [-0.3, -0.25) is 10.1 Å². The molecule has 0 aromatic heterocycles. The maximum Gasteiger partial charge on any atom is 0.339 e. The van der Waals surface area contributed by atoms with Crippen LogP contribution in [0, 0.1) is 55.9 Å². The average molecular weight is 593 g/mol. The predicted molar refractivity (Wildman–Crippen MR) is 167 cm³/mol. The number of esters is 1. The summed E-state index contributed by atoms with van der Waals surface area (Å²) < 4.78 is 5.70. The first-order valence-electron chi connectivity index (χ1n) is 16.8. The third kappa shape index (κ3) is 4.88. The highest BCUT2D eigenvalue weighted by Gasteiger charge is 2.67. The van der Waals surface area contributed by atoms with Crippen molar-refractivity contribution in [3.63, 3.8) is 0 Å². The Labute approximate surface area is 257 Å². The quantitative estimate of drug-likeness (QED) is 0.155. The fraction of sp³-hybridized carbons (Fsp3) is 0.750. The maximum atomic E-state index is 13.1. The fourth-order valence-electron chi connectivity index (χ4n) is 11.7. The van der Waals surface area contributed by atoms with E-state index in [4.69, 9.17) is 4.74 Å². The van der Waals surface area contributed by atoms with Gasteiger partial charge in [0.1, 0.15) is 6.10 Å². The fourth-order valence-corrected chi connectivity index (χ4v) is 11.7. The molecule has 1 aromatic rings. The first-order chi connectivity index (χ1) is 20.2. The number of ether oxygens (including phenoxy) is 1. The second-order valence-corrected chi connectivity index (χ2v) is 16.2. The Morgan fingerprint density at radius 1 is 0.977 bits per heavy atom. The van der Waals surface area contributed by atoms with Crippen LogP contribution in [0.3, 0.4) is 0 Å². The highest BCUT2D eigenvalue weighted by atomic mass is 16.6. The van der Waals surface area contributed by atoms with Gasteiger partial charge in [-0.15, -0.1) is 0 Å². The number of hydrogen-bond acceptors (Lipinski definition) is 6. The van der Waals surface area contributed by atoms with E-state index in [0.717, 1.165) is 43.4 Å². The first kappa shape index (κ1) is 30.8. The van der Waals surface area contributed by atoms with Crippen LogP contribution in [0.1, 0.15) is 105 Å². The second kappa shape index (κ2) is 10.7. The minimum Gasteiger partial charge on any atom is -0.456 e. The Balaban J connectivity index is 1.17. The Morgan fingerprint density at radius 3 is 2.33 bits per heavy atom. The monoisotopic (exact) mass is 592 g/mol. The Bertz CT molecular complexity index is 1290. The van der Waals surface area contributed by atoms with Crippen molar-refractivity contribution < 1.29 is 19.6 Å². The molecule has 5 fully saturated rings. The number of non-ortho nitro benzene ring substituents is 1. The van der Waals surface area contributed by atoms with Crippen molar-refractivity contribution in [2.75, 3.05) is 0 Å². The maximum absolute atomic E-state index is 13.1. The van der Waals surface area contributed by atoms with Gasteiger partial charge in [0.25, 0.3) is 5.69 Å². The Kier molecular flexibility index (Phi) is 7.64. The van der Waals surface area contributed by atoms with Crippen molar-refractivity contribution in [1.82, 2.24) is 5.32 Å². The van der Waals surface area contributed by atoms with Gasteiger partial charge in [0.2, 0.25) is 0 Å². The normalized spacial score (nSPS) is 43.2. The summed E-state index contributed by atoms with van der Waals surface area (Å²) in [5.74, 6) is 1.81. The van der Waals surface area contributed by atoms with E-state index < -0.39 is 11.6 Å². The van der Waals surface area contributed by atoms with E-state index in [-0.39, 0.29) is 38.9 Å². The topological polar surface area (TPSA) is 102 Å². The van der Waals surface area contributed by atoms with E-state index in [1.54, 1.807) is 12.1 Å². The van der Waals surface area contributed by atoms with Gasteiger partial charge in [0.05, 0.1) is 4.92 Å². The second-order valence-electron chi connectivity index (χ2n) is 16.2. The summed E-state index contributed by atoms with van der Waals surface area (Å²) in [6.45, 7) is 14.8. The van der Waals surface area contributed by atoms with E-state index in [1.807, 2.05) is 32.1 Å². The molecule has 4 saturated carbocycles. The van der Waals surface area contributed by atoms with Gasteiger partial charge in [-0.05, 0) is 117 Å². The van der Waals surface area contributed by atoms with Gasteiger partial charge in [-0.2, -0.15) is 0 Å². The third-order valence-electron chi connectivity index (χ3n) is 13.5. The molecule has 2 N–H and O–H groups in total. The zero-order valence-corrected chi connectivity index (χ0v) is 27.0. The van der Waals surface area contributed by atoms with Crippen LogP contribution in [0.25, 0.3) is 0 Å². The van der Waals surface area contributed by atoms with Crippen LogP contribution in [-0.4, -0.2) is 33.7 Å². The van der Waals surface area contributed by atoms with Crippen LogP contribution in [0.4, 0.5) is 5.69 Å². The molecule has 1 aromatic carbocycles.